The molecule has 1 atom stereocenters. The Bertz CT molecular complexity index is 811. The number of aromatic nitrogens is 2. The molecule has 2 aromatic rings. The third-order valence-corrected chi connectivity index (χ3v) is 4.64. The summed E-state index contributed by atoms with van der Waals surface area (Å²) in [6, 6.07) is 3.77. The molecule has 1 aliphatic heterocycles. The van der Waals surface area contributed by atoms with Crippen LogP contribution in [0.5, 0.6) is 0 Å². The number of hydrogen-bond donors (Lipinski definition) is 0. The van der Waals surface area contributed by atoms with E-state index in [-0.39, 0.29) is 17.5 Å². The molecule has 0 aromatic carbocycles. The summed E-state index contributed by atoms with van der Waals surface area (Å²) in [6.45, 7) is 6.22. The average molecular weight is 344 g/mol. The second-order valence-electron chi connectivity index (χ2n) is 6.67. The van der Waals surface area contributed by atoms with Gasteiger partial charge < -0.3 is 13.9 Å². The van der Waals surface area contributed by atoms with Gasteiger partial charge in [0, 0.05) is 51.9 Å². The van der Waals surface area contributed by atoms with Gasteiger partial charge in [0.15, 0.2) is 0 Å². The van der Waals surface area contributed by atoms with Crippen molar-refractivity contribution in [3.8, 4) is 0 Å². The first-order valence-electron chi connectivity index (χ1n) is 8.49. The van der Waals surface area contributed by atoms with E-state index in [1.54, 1.807) is 37.0 Å². The quantitative estimate of drug-likeness (QED) is 0.818. The van der Waals surface area contributed by atoms with Crippen molar-refractivity contribution < 1.29 is 9.21 Å². The fourth-order valence-electron chi connectivity index (χ4n) is 3.27. The highest BCUT2D eigenvalue weighted by molar-refractivity contribution is 5.73. The fraction of sp³-hybridized carbons (Fsp3) is 0.500. The number of aryl methyl sites for hydroxylation is 2. The molecule has 25 heavy (non-hydrogen) atoms. The highest BCUT2D eigenvalue weighted by Crippen LogP contribution is 2.20. The SMILES string of the molecule is CC(=O)N(Cc1ncc(C)o1)C1CCN(Cc2ccn(C)c(=O)c2)C1. The lowest BCUT2D eigenvalue weighted by Crippen LogP contribution is -2.40. The van der Waals surface area contributed by atoms with Crippen molar-refractivity contribution in [2.45, 2.75) is 39.4 Å². The molecule has 2 aromatic heterocycles. The predicted octanol–water partition coefficient (Wildman–Crippen LogP) is 1.30. The number of pyridine rings is 1. The molecule has 1 amide bonds. The Balaban J connectivity index is 1.64. The van der Waals surface area contributed by atoms with Crippen LogP contribution in [0.15, 0.2) is 33.7 Å². The molecule has 0 bridgehead atoms. The molecule has 3 heterocycles. The van der Waals surface area contributed by atoms with Crippen LogP contribution in [0.1, 0.15) is 30.6 Å². The van der Waals surface area contributed by atoms with E-state index in [1.807, 2.05) is 17.9 Å². The van der Waals surface area contributed by atoms with Crippen molar-refractivity contribution in [1.29, 1.82) is 0 Å². The molecule has 1 aliphatic rings. The van der Waals surface area contributed by atoms with E-state index in [0.29, 0.717) is 12.4 Å². The smallest absolute Gasteiger partial charge is 0.250 e. The summed E-state index contributed by atoms with van der Waals surface area (Å²) < 4.78 is 7.08. The van der Waals surface area contributed by atoms with Crippen molar-refractivity contribution in [2.75, 3.05) is 13.1 Å². The molecule has 1 unspecified atom stereocenters. The van der Waals surface area contributed by atoms with Gasteiger partial charge in [0.05, 0.1) is 12.7 Å². The second-order valence-corrected chi connectivity index (χ2v) is 6.67. The molecule has 0 radical (unpaired) electrons. The molecular formula is C18H24N4O3. The molecule has 7 heteroatoms. The Labute approximate surface area is 146 Å². The maximum absolute atomic E-state index is 12.1. The van der Waals surface area contributed by atoms with Gasteiger partial charge in [-0.25, -0.2) is 4.98 Å². The Kier molecular flexibility index (Phi) is 5.03. The first-order valence-corrected chi connectivity index (χ1v) is 8.49. The minimum atomic E-state index is -0.00197. The predicted molar refractivity (Wildman–Crippen MR) is 92.8 cm³/mol. The lowest BCUT2D eigenvalue weighted by atomic mass is 10.2. The Morgan fingerprint density at radius 1 is 1.48 bits per heavy atom. The normalized spacial score (nSPS) is 17.8. The van der Waals surface area contributed by atoms with Crippen LogP contribution in [0.4, 0.5) is 0 Å². The van der Waals surface area contributed by atoms with Gasteiger partial charge in [0.1, 0.15) is 5.76 Å². The average Bonchev–Trinajstić information content (AvgIpc) is 3.17. The zero-order chi connectivity index (χ0) is 18.0. The van der Waals surface area contributed by atoms with Crippen molar-refractivity contribution in [3.05, 3.63) is 52.1 Å². The largest absolute Gasteiger partial charge is 0.444 e. The maximum atomic E-state index is 12.1. The Hall–Kier alpha value is -2.41. The number of rotatable bonds is 5. The van der Waals surface area contributed by atoms with Crippen LogP contribution in [0.2, 0.25) is 0 Å². The van der Waals surface area contributed by atoms with Crippen molar-refractivity contribution >= 4 is 5.91 Å². The number of nitrogens with zero attached hydrogens (tertiary/aromatic N) is 4. The van der Waals surface area contributed by atoms with Gasteiger partial charge >= 0.3 is 0 Å². The minimum Gasteiger partial charge on any atom is -0.444 e. The van der Waals surface area contributed by atoms with Crippen LogP contribution >= 0.6 is 0 Å². The number of likely N-dealkylation sites (tertiary alicyclic amines) is 1. The summed E-state index contributed by atoms with van der Waals surface area (Å²) in [6.07, 6.45) is 4.37. The number of hydrogen-bond acceptors (Lipinski definition) is 5. The molecule has 0 spiro atoms. The number of oxazole rings is 1. The second kappa shape index (κ2) is 7.23. The topological polar surface area (TPSA) is 71.6 Å². The molecule has 1 saturated heterocycles. The summed E-state index contributed by atoms with van der Waals surface area (Å²) in [7, 11) is 1.74. The van der Waals surface area contributed by atoms with E-state index in [1.165, 1.54) is 0 Å². The summed E-state index contributed by atoms with van der Waals surface area (Å²) in [5.74, 6) is 1.34. The monoisotopic (exact) mass is 344 g/mol. The maximum Gasteiger partial charge on any atom is 0.250 e. The van der Waals surface area contributed by atoms with E-state index < -0.39 is 0 Å². The molecule has 0 N–H and O–H groups in total. The minimum absolute atomic E-state index is 0.00197. The first kappa shape index (κ1) is 17.4. The van der Waals surface area contributed by atoms with Crippen molar-refractivity contribution in [3.63, 3.8) is 0 Å². The third kappa shape index (κ3) is 4.17. The van der Waals surface area contributed by atoms with Crippen molar-refractivity contribution in [2.24, 2.45) is 7.05 Å². The van der Waals surface area contributed by atoms with Gasteiger partial charge in [0.25, 0.3) is 5.56 Å². The van der Waals surface area contributed by atoms with E-state index in [9.17, 15) is 9.59 Å². The molecular weight excluding hydrogens is 320 g/mol. The molecule has 0 aliphatic carbocycles. The van der Waals surface area contributed by atoms with Gasteiger partial charge in [-0.3, -0.25) is 14.5 Å². The standard InChI is InChI=1S/C18H24N4O3/c1-13-9-19-17(25-13)12-22(14(2)23)16-5-7-21(11-16)10-15-4-6-20(3)18(24)8-15/h4,6,8-9,16H,5,7,10-12H2,1-3H3. The Morgan fingerprint density at radius 3 is 2.92 bits per heavy atom. The molecule has 0 saturated carbocycles. The zero-order valence-electron chi connectivity index (χ0n) is 14.9. The van der Waals surface area contributed by atoms with E-state index >= 15 is 0 Å². The first-order chi connectivity index (χ1) is 11.9. The van der Waals surface area contributed by atoms with Crippen LogP contribution in [0.3, 0.4) is 0 Å². The highest BCUT2D eigenvalue weighted by Gasteiger charge is 2.30. The summed E-state index contributed by atoms with van der Waals surface area (Å²) in [4.78, 5) is 32.1. The number of carbonyl (C=O) groups is 1. The molecule has 1 fully saturated rings. The summed E-state index contributed by atoms with van der Waals surface area (Å²) in [5, 5.41) is 0. The molecule has 3 rings (SSSR count). The lowest BCUT2D eigenvalue weighted by molar-refractivity contribution is -0.132. The van der Waals surface area contributed by atoms with Crippen LogP contribution in [-0.2, 0) is 24.9 Å². The van der Waals surface area contributed by atoms with Gasteiger partial charge in [-0.2, -0.15) is 0 Å². The van der Waals surface area contributed by atoms with Gasteiger partial charge in [0.2, 0.25) is 11.8 Å². The zero-order valence-corrected chi connectivity index (χ0v) is 14.9. The van der Waals surface area contributed by atoms with Gasteiger partial charge in [-0.15, -0.1) is 0 Å². The fourth-order valence-corrected chi connectivity index (χ4v) is 3.27. The number of amides is 1. The summed E-state index contributed by atoms with van der Waals surface area (Å²) in [5.41, 5.74) is 0.999. The highest BCUT2D eigenvalue weighted by atomic mass is 16.4. The van der Waals surface area contributed by atoms with E-state index in [4.69, 9.17) is 4.42 Å². The Morgan fingerprint density at radius 2 is 2.28 bits per heavy atom. The van der Waals surface area contributed by atoms with Crippen LogP contribution in [-0.4, -0.2) is 44.4 Å². The lowest BCUT2D eigenvalue weighted by Gasteiger charge is -2.27. The number of carbonyl (C=O) groups excluding carboxylic acids is 1. The van der Waals surface area contributed by atoms with Crippen molar-refractivity contribution in [1.82, 2.24) is 19.4 Å². The molecule has 7 nitrogen and oxygen atoms in total. The molecule has 134 valence electrons. The third-order valence-electron chi connectivity index (χ3n) is 4.64. The van der Waals surface area contributed by atoms with E-state index in [2.05, 4.69) is 9.88 Å². The van der Waals surface area contributed by atoms with Crippen LogP contribution in [0.25, 0.3) is 0 Å². The van der Waals surface area contributed by atoms with Crippen LogP contribution < -0.4 is 5.56 Å². The van der Waals surface area contributed by atoms with Gasteiger partial charge in [-0.1, -0.05) is 0 Å². The van der Waals surface area contributed by atoms with E-state index in [0.717, 1.165) is 37.4 Å². The van der Waals surface area contributed by atoms with Crippen LogP contribution in [0, 0.1) is 6.92 Å². The van der Waals surface area contributed by atoms with Gasteiger partial charge in [-0.05, 0) is 25.0 Å². The summed E-state index contributed by atoms with van der Waals surface area (Å²) >= 11 is 0.